The summed E-state index contributed by atoms with van der Waals surface area (Å²) >= 11 is 0. The molecule has 4 atom stereocenters. The van der Waals surface area contributed by atoms with Crippen LogP contribution in [0, 0.1) is 5.92 Å². The molecule has 494 valence electrons. The monoisotopic (exact) mass is 1260 g/mol. The second-order valence-electron chi connectivity index (χ2n) is 21.6. The van der Waals surface area contributed by atoms with Crippen molar-refractivity contribution < 1.29 is 81.3 Å². The van der Waals surface area contributed by atoms with Gasteiger partial charge in [-0.15, -0.1) is 0 Å². The molecule has 0 aromatic heterocycles. The summed E-state index contributed by atoms with van der Waals surface area (Å²) in [6.07, 6.45) is 12.2. The van der Waals surface area contributed by atoms with Gasteiger partial charge in [0.2, 0.25) is 23.6 Å². The van der Waals surface area contributed by atoms with E-state index >= 15 is 0 Å². The highest BCUT2D eigenvalue weighted by atomic mass is 16.6. The lowest BCUT2D eigenvalue weighted by molar-refractivity contribution is -0.132. The molecule has 0 fully saturated rings. The number of aliphatic imine (C=N–C) groups is 1. The van der Waals surface area contributed by atoms with Crippen molar-refractivity contribution in [3.8, 4) is 23.0 Å². The molecule has 25 heteroatoms. The predicted octanol–water partition coefficient (Wildman–Crippen LogP) is 7.30. The number of fused-ring (bicyclic) bond motifs is 3. The molecule has 7 amide bonds. The van der Waals surface area contributed by atoms with Gasteiger partial charge < -0.3 is 78.8 Å². The molecule has 3 aliphatic heterocycles. The molecular formula is C66H88N8O17. The maximum atomic E-state index is 14.4. The van der Waals surface area contributed by atoms with Gasteiger partial charge in [0, 0.05) is 62.2 Å². The van der Waals surface area contributed by atoms with Crippen LogP contribution in [0.1, 0.15) is 107 Å². The number of allylic oxidation sites excluding steroid dienone is 5. The second-order valence-corrected chi connectivity index (χ2v) is 21.6. The van der Waals surface area contributed by atoms with E-state index in [1.807, 2.05) is 51.3 Å². The lowest BCUT2D eigenvalue weighted by Crippen LogP contribution is -2.53. The van der Waals surface area contributed by atoms with Crippen LogP contribution < -0.4 is 45.1 Å². The normalized spacial score (nSPS) is 16.1. The first kappa shape index (κ1) is 71.5. The highest BCUT2D eigenvalue weighted by Gasteiger charge is 2.38. The van der Waals surface area contributed by atoms with Crippen molar-refractivity contribution in [3.05, 3.63) is 113 Å². The van der Waals surface area contributed by atoms with Crippen molar-refractivity contribution in [1.29, 1.82) is 0 Å². The number of amides is 7. The zero-order valence-corrected chi connectivity index (χ0v) is 53.5. The van der Waals surface area contributed by atoms with Gasteiger partial charge in [-0.1, -0.05) is 64.1 Å². The van der Waals surface area contributed by atoms with Crippen LogP contribution in [0.15, 0.2) is 101 Å². The van der Waals surface area contributed by atoms with E-state index in [9.17, 15) is 38.7 Å². The molecule has 0 saturated heterocycles. The number of rotatable bonds is 36. The number of nitrogens with zero attached hydrogens (tertiary/aromatic N) is 4. The average Bonchev–Trinajstić information content (AvgIpc) is 1.78. The maximum Gasteiger partial charge on any atom is 0.416 e. The number of hydrogen-bond donors (Lipinski definition) is 5. The van der Waals surface area contributed by atoms with E-state index in [1.54, 1.807) is 74.5 Å². The lowest BCUT2D eigenvalue weighted by atomic mass is 10.0. The molecule has 3 aromatic carbocycles. The van der Waals surface area contributed by atoms with Crippen LogP contribution >= 0.6 is 0 Å². The molecule has 0 saturated carbocycles. The zero-order chi connectivity index (χ0) is 65.8. The Hall–Kier alpha value is -8.62. The van der Waals surface area contributed by atoms with Gasteiger partial charge in [-0.3, -0.25) is 33.8 Å². The Morgan fingerprint density at radius 3 is 1.98 bits per heavy atom. The van der Waals surface area contributed by atoms with Crippen molar-refractivity contribution in [2.75, 3.05) is 104 Å². The van der Waals surface area contributed by atoms with Crippen molar-refractivity contribution in [2.45, 2.75) is 112 Å². The third-order valence-corrected chi connectivity index (χ3v) is 14.5. The van der Waals surface area contributed by atoms with Crippen molar-refractivity contribution >= 4 is 64.8 Å². The third kappa shape index (κ3) is 21.2. The lowest BCUT2D eigenvalue weighted by Gasteiger charge is -2.27. The number of carbonyl (C=O) groups excluding carboxylic acids is 7. The summed E-state index contributed by atoms with van der Waals surface area (Å²) < 4.78 is 51.4. The van der Waals surface area contributed by atoms with E-state index in [-0.39, 0.29) is 92.5 Å². The van der Waals surface area contributed by atoms with Gasteiger partial charge in [-0.05, 0) is 80.5 Å². The summed E-state index contributed by atoms with van der Waals surface area (Å²) in [7, 11) is 2.91. The Morgan fingerprint density at radius 1 is 0.725 bits per heavy atom. The van der Waals surface area contributed by atoms with Gasteiger partial charge in [-0.2, -0.15) is 0 Å². The van der Waals surface area contributed by atoms with Gasteiger partial charge in [0.1, 0.15) is 18.7 Å². The van der Waals surface area contributed by atoms with Gasteiger partial charge in [0.15, 0.2) is 29.2 Å². The Kier molecular flexibility index (Phi) is 29.0. The molecule has 6 rings (SSSR count). The van der Waals surface area contributed by atoms with E-state index in [0.29, 0.717) is 106 Å². The zero-order valence-electron chi connectivity index (χ0n) is 53.5. The fourth-order valence-corrected chi connectivity index (χ4v) is 9.61. The van der Waals surface area contributed by atoms with Crippen molar-refractivity contribution in [1.82, 2.24) is 25.8 Å². The van der Waals surface area contributed by atoms with E-state index < -0.39 is 48.0 Å². The molecule has 0 spiro atoms. The smallest absolute Gasteiger partial charge is 0.416 e. The molecule has 0 radical (unpaired) electrons. The first-order chi connectivity index (χ1) is 43.9. The minimum absolute atomic E-state index is 0.00334. The third-order valence-electron chi connectivity index (χ3n) is 14.5. The second kappa shape index (κ2) is 36.9. The quantitative estimate of drug-likeness (QED) is 0.0282. The molecule has 0 unspecified atom stereocenters. The van der Waals surface area contributed by atoms with Crippen LogP contribution in [0.4, 0.5) is 21.9 Å². The fourth-order valence-electron chi connectivity index (χ4n) is 9.61. The number of β-amino-alcohol motifs (C(OH)–C–C–N with tert-alkyl or cyclic N) is 1. The number of benzene rings is 3. The number of ether oxygens (including phenoxy) is 9. The van der Waals surface area contributed by atoms with Gasteiger partial charge >= 0.3 is 6.09 Å². The number of carbonyl (C=O) groups is 7. The molecule has 5 N–H and O–H groups in total. The number of hydrogen-bond acceptors (Lipinski definition) is 18. The van der Waals surface area contributed by atoms with E-state index in [4.69, 9.17) is 42.6 Å². The summed E-state index contributed by atoms with van der Waals surface area (Å²) in [6.45, 7) is 15.2. The van der Waals surface area contributed by atoms with Crippen LogP contribution in [0.2, 0.25) is 0 Å². The number of anilines is 2. The van der Waals surface area contributed by atoms with Gasteiger partial charge in [0.25, 0.3) is 11.8 Å². The standard InChI is InChI=1S/C66H88N8O17/c1-10-15-45(12-3)39-72-41-60(77)74(53-37-57(55(84-9)35-51(53)64(72)80)90-24-14-23-89-56-36-52-50(34-54(56)83-8)65(81)73-40-47(16-11-2)33-49(73)38-68-52)66(82)91-42-46-17-19-48(20-18-46)70-62(78)44(7)69-63(79)61(43(5)6)71-59(76)21-25-85-27-29-87-31-32-88-30-28-86-26-22-67-58(75)13-4/h10-11,15-20,34-40,43-44,49,60-61,77H,12-14,21-33,41-42H2,1-9H3,(H,67,75)(H,69,79)(H,70,78)(H,71,76)/b15-10+,16-11+,45-39+/t44-,49-,60-,61-/m0/s1. The largest absolute Gasteiger partial charge is 0.493 e. The SMILES string of the molecule is C/C=C/C1=CN2C(=O)c3cc(OC)c(OCCCOc4cc5c(cc4OC)C(=O)N(/C=C(/C=C/C)CC)C[C@H](O)N5C(=O)OCc4ccc(NC(=O)[C@H](C)NC(=O)[C@@H](NC(=O)CCOCCOCCOCCOCCNC(=O)CC)C(C)C)cc4)cc3N=C[C@@H]2C1. The van der Waals surface area contributed by atoms with E-state index in [0.717, 1.165) is 16.0 Å². The molecule has 3 aromatic rings. The molecule has 3 heterocycles. The van der Waals surface area contributed by atoms with E-state index in [1.165, 1.54) is 38.2 Å². The van der Waals surface area contributed by atoms with Crippen molar-refractivity contribution in [2.24, 2.45) is 10.9 Å². The van der Waals surface area contributed by atoms with Crippen LogP contribution in [-0.2, 0) is 49.5 Å². The van der Waals surface area contributed by atoms with Crippen LogP contribution in [0.3, 0.4) is 0 Å². The molecule has 91 heavy (non-hydrogen) atoms. The fraction of sp³-hybridized carbons (Fsp3) is 0.485. The highest BCUT2D eigenvalue weighted by molar-refractivity contribution is 6.06. The minimum Gasteiger partial charge on any atom is -0.493 e. The number of methoxy groups -OCH3 is 2. The Balaban J connectivity index is 0.999. The highest BCUT2D eigenvalue weighted by Crippen LogP contribution is 2.41. The first-order valence-electron chi connectivity index (χ1n) is 30.7. The summed E-state index contributed by atoms with van der Waals surface area (Å²) in [5.74, 6) is -1.46. The minimum atomic E-state index is -1.59. The maximum absolute atomic E-state index is 14.4. The number of aliphatic hydroxyl groups excluding tert-OH is 1. The summed E-state index contributed by atoms with van der Waals surface area (Å²) in [5, 5.41) is 22.7. The molecular weight excluding hydrogens is 1180 g/mol. The molecule has 0 aliphatic carbocycles. The van der Waals surface area contributed by atoms with Crippen molar-refractivity contribution in [3.63, 3.8) is 0 Å². The Morgan fingerprint density at radius 2 is 1.36 bits per heavy atom. The summed E-state index contributed by atoms with van der Waals surface area (Å²) in [4.78, 5) is 102. The Labute approximate surface area is 532 Å². The summed E-state index contributed by atoms with van der Waals surface area (Å²) in [6, 6.07) is 10.5. The van der Waals surface area contributed by atoms with Crippen LogP contribution in [0.5, 0.6) is 23.0 Å². The average molecular weight is 1270 g/mol. The van der Waals surface area contributed by atoms with Crippen LogP contribution in [-0.4, -0.2) is 180 Å². The Bertz CT molecular complexity index is 3130. The predicted molar refractivity (Wildman–Crippen MR) is 341 cm³/mol. The topological polar surface area (TPSA) is 293 Å². The van der Waals surface area contributed by atoms with Crippen LogP contribution in [0.25, 0.3) is 0 Å². The van der Waals surface area contributed by atoms with Gasteiger partial charge in [-0.25, -0.2) is 9.69 Å². The molecule has 0 bridgehead atoms. The molecule has 3 aliphatic rings. The number of aliphatic hydroxyl groups is 1. The van der Waals surface area contributed by atoms with Gasteiger partial charge in [0.05, 0.1) is 115 Å². The first-order valence-corrected chi connectivity index (χ1v) is 30.7. The molecule has 25 nitrogen and oxygen atoms in total. The number of nitrogens with one attached hydrogen (secondary N) is 4. The summed E-state index contributed by atoms with van der Waals surface area (Å²) in [5.41, 5.74) is 3.57. The van der Waals surface area contributed by atoms with E-state index in [2.05, 4.69) is 26.3 Å².